The fourth-order valence-corrected chi connectivity index (χ4v) is 9.38. The van der Waals surface area contributed by atoms with Crippen molar-refractivity contribution in [3.8, 4) is 11.1 Å². The van der Waals surface area contributed by atoms with Gasteiger partial charge in [-0.1, -0.05) is 133 Å². The summed E-state index contributed by atoms with van der Waals surface area (Å²) in [6.45, 7) is 4.48. The third-order valence-electron chi connectivity index (χ3n) is 11.0. The maximum Gasteiger partial charge on any atom is 0.161 e. The monoisotopic (exact) mass is 747 g/mol. The first-order valence-electron chi connectivity index (χ1n) is 19.0. The topological polar surface area (TPSA) is 50.2 Å². The SMILES string of the molecule is C=N/C(=N\C(=N/Cc1ccccc1)c1ccc2c(ccc3ccccc32)c1)c1cccc2oc3cc(-c4ccc5c(c4)sc4cc6ccccc6cc45)ccc3c12. The summed E-state index contributed by atoms with van der Waals surface area (Å²) in [5.41, 5.74) is 6.68. The maximum absolute atomic E-state index is 6.56. The minimum atomic E-state index is 0.478. The van der Waals surface area contributed by atoms with Crippen molar-refractivity contribution < 1.29 is 4.42 Å². The molecule has 11 rings (SSSR count). The van der Waals surface area contributed by atoms with Crippen LogP contribution in [0.4, 0.5) is 0 Å². The van der Waals surface area contributed by atoms with Gasteiger partial charge in [0, 0.05) is 42.1 Å². The fraction of sp³-hybridized carbons (Fsp3) is 0.0192. The van der Waals surface area contributed by atoms with Gasteiger partial charge in [-0.2, -0.15) is 0 Å². The quantitative estimate of drug-likeness (QED) is 0.0982. The number of aliphatic imine (C=N–C) groups is 3. The molecule has 0 unspecified atom stereocenters. The van der Waals surface area contributed by atoms with Gasteiger partial charge >= 0.3 is 0 Å². The van der Waals surface area contributed by atoms with Crippen LogP contribution in [0, 0.1) is 0 Å². The molecule has 0 fully saturated rings. The minimum Gasteiger partial charge on any atom is -0.456 e. The molecule has 4 nitrogen and oxygen atoms in total. The summed E-state index contributed by atoms with van der Waals surface area (Å²) in [7, 11) is 0. The highest BCUT2D eigenvalue weighted by molar-refractivity contribution is 7.25. The molecule has 11 aromatic rings. The van der Waals surface area contributed by atoms with Crippen LogP contribution < -0.4 is 0 Å². The lowest BCUT2D eigenvalue weighted by atomic mass is 9.99. The van der Waals surface area contributed by atoms with E-state index in [-0.39, 0.29) is 0 Å². The predicted octanol–water partition coefficient (Wildman–Crippen LogP) is 14.2. The van der Waals surface area contributed by atoms with E-state index in [1.807, 2.05) is 47.7 Å². The van der Waals surface area contributed by atoms with Crippen molar-refractivity contribution in [2.45, 2.75) is 6.54 Å². The van der Waals surface area contributed by atoms with Crippen LogP contribution in [0.5, 0.6) is 0 Å². The molecule has 0 bridgehead atoms. The molecule has 0 N–H and O–H groups in total. The van der Waals surface area contributed by atoms with E-state index >= 15 is 0 Å². The molecule has 0 spiro atoms. The molecule has 0 saturated heterocycles. The average molecular weight is 748 g/mol. The highest BCUT2D eigenvalue weighted by atomic mass is 32.1. The van der Waals surface area contributed by atoms with E-state index in [9.17, 15) is 0 Å². The molecule has 5 heteroatoms. The zero-order valence-electron chi connectivity index (χ0n) is 30.8. The zero-order valence-corrected chi connectivity index (χ0v) is 31.6. The lowest BCUT2D eigenvalue weighted by molar-refractivity contribution is 0.669. The Labute approximate surface area is 332 Å². The molecule has 0 aliphatic heterocycles. The Kier molecular flexibility index (Phi) is 7.86. The van der Waals surface area contributed by atoms with Crippen molar-refractivity contribution in [1.29, 1.82) is 0 Å². The molecule has 0 aliphatic carbocycles. The van der Waals surface area contributed by atoms with E-state index in [1.54, 1.807) is 0 Å². The van der Waals surface area contributed by atoms with Gasteiger partial charge in [0.1, 0.15) is 11.2 Å². The number of amidine groups is 2. The van der Waals surface area contributed by atoms with Gasteiger partial charge in [0.15, 0.2) is 11.7 Å². The standard InChI is InChI=1S/C52H33N3OS/c1-53-52(55-51(54-31-32-10-3-2-4-11-32)39-22-23-41-38(26-39)19-18-33-12-7-8-15-40(33)41)44-16-9-17-46-50(44)43-25-21-36(28-47(43)56-46)37-20-24-42-45-27-34-13-5-6-14-35(34)29-49(45)57-48(42)30-37/h2-30H,1,31H2/b54-51-,55-52-. The van der Waals surface area contributed by atoms with Crippen LogP contribution in [0.25, 0.3) is 85.6 Å². The van der Waals surface area contributed by atoms with Gasteiger partial charge in [0.25, 0.3) is 0 Å². The molecule has 57 heavy (non-hydrogen) atoms. The number of fused-ring (bicyclic) bond motifs is 10. The number of thiophene rings is 1. The zero-order chi connectivity index (χ0) is 37.9. The second kappa shape index (κ2) is 13.5. The van der Waals surface area contributed by atoms with Crippen molar-refractivity contribution in [3.05, 3.63) is 193 Å². The number of rotatable bonds is 5. The number of furan rings is 1. The Morgan fingerprint density at radius 1 is 0.491 bits per heavy atom. The van der Waals surface area contributed by atoms with E-state index in [1.165, 1.54) is 47.1 Å². The first-order valence-corrected chi connectivity index (χ1v) is 19.9. The van der Waals surface area contributed by atoms with Crippen LogP contribution in [0.1, 0.15) is 16.7 Å². The van der Waals surface area contributed by atoms with Crippen LogP contribution in [-0.2, 0) is 6.54 Å². The van der Waals surface area contributed by atoms with Gasteiger partial charge in [-0.05, 0) is 98.2 Å². The van der Waals surface area contributed by atoms with E-state index in [0.717, 1.165) is 55.1 Å². The second-order valence-electron chi connectivity index (χ2n) is 14.4. The van der Waals surface area contributed by atoms with Crippen molar-refractivity contribution in [1.82, 2.24) is 0 Å². The third kappa shape index (κ3) is 5.79. The first-order chi connectivity index (χ1) is 28.2. The molecule has 0 radical (unpaired) electrons. The summed E-state index contributed by atoms with van der Waals surface area (Å²) in [5.74, 6) is 1.08. The molecule has 268 valence electrons. The van der Waals surface area contributed by atoms with Gasteiger partial charge in [-0.25, -0.2) is 9.98 Å². The molecule has 2 heterocycles. The molecule has 0 atom stereocenters. The minimum absolute atomic E-state index is 0.478. The predicted molar refractivity (Wildman–Crippen MR) is 244 cm³/mol. The van der Waals surface area contributed by atoms with Crippen molar-refractivity contribution in [2.75, 3.05) is 0 Å². The average Bonchev–Trinajstić information content (AvgIpc) is 3.82. The van der Waals surface area contributed by atoms with Crippen LogP contribution in [-0.4, -0.2) is 18.4 Å². The van der Waals surface area contributed by atoms with Crippen LogP contribution >= 0.6 is 11.3 Å². The molecule has 2 aromatic heterocycles. The fourth-order valence-electron chi connectivity index (χ4n) is 8.21. The van der Waals surface area contributed by atoms with E-state index in [0.29, 0.717) is 18.2 Å². The van der Waals surface area contributed by atoms with Gasteiger partial charge in [0.05, 0.1) is 6.54 Å². The van der Waals surface area contributed by atoms with Crippen LogP contribution in [0.2, 0.25) is 0 Å². The Balaban J connectivity index is 1.01. The summed E-state index contributed by atoms with van der Waals surface area (Å²) in [6, 6.07) is 62.0. The molecule has 0 saturated carbocycles. The van der Waals surface area contributed by atoms with E-state index in [2.05, 4.69) is 151 Å². The number of benzene rings is 9. The van der Waals surface area contributed by atoms with Gasteiger partial charge in [-0.15, -0.1) is 11.3 Å². The lowest BCUT2D eigenvalue weighted by Crippen LogP contribution is -2.06. The third-order valence-corrected chi connectivity index (χ3v) is 12.1. The van der Waals surface area contributed by atoms with E-state index < -0.39 is 0 Å². The number of nitrogens with zero attached hydrogens (tertiary/aromatic N) is 3. The van der Waals surface area contributed by atoms with Gasteiger partial charge in [0.2, 0.25) is 0 Å². The Morgan fingerprint density at radius 3 is 2.05 bits per heavy atom. The maximum atomic E-state index is 6.56. The van der Waals surface area contributed by atoms with Crippen LogP contribution in [0.15, 0.2) is 195 Å². The molecular weight excluding hydrogens is 715 g/mol. The van der Waals surface area contributed by atoms with Crippen molar-refractivity contribution in [3.63, 3.8) is 0 Å². The molecule has 0 amide bonds. The van der Waals surface area contributed by atoms with Crippen molar-refractivity contribution in [2.24, 2.45) is 15.0 Å². The second-order valence-corrected chi connectivity index (χ2v) is 15.5. The summed E-state index contributed by atoms with van der Waals surface area (Å²) in [4.78, 5) is 14.8. The highest BCUT2D eigenvalue weighted by Crippen LogP contribution is 2.40. The smallest absolute Gasteiger partial charge is 0.161 e. The van der Waals surface area contributed by atoms with E-state index in [4.69, 9.17) is 14.4 Å². The summed E-state index contributed by atoms with van der Waals surface area (Å²) in [6.07, 6.45) is 0. The Morgan fingerprint density at radius 2 is 1.19 bits per heavy atom. The Bertz CT molecular complexity index is 3460. The summed E-state index contributed by atoms with van der Waals surface area (Å²) in [5, 5.41) is 11.8. The lowest BCUT2D eigenvalue weighted by Gasteiger charge is -2.09. The van der Waals surface area contributed by atoms with Gasteiger partial charge in [-0.3, -0.25) is 4.99 Å². The van der Waals surface area contributed by atoms with Crippen molar-refractivity contribution >= 4 is 104 Å². The van der Waals surface area contributed by atoms with Gasteiger partial charge < -0.3 is 4.42 Å². The molecule has 9 aromatic carbocycles. The summed E-state index contributed by atoms with van der Waals surface area (Å²) >= 11 is 1.84. The number of hydrogen-bond donors (Lipinski definition) is 0. The molecular formula is C52H33N3OS. The largest absolute Gasteiger partial charge is 0.456 e. The summed E-state index contributed by atoms with van der Waals surface area (Å²) < 4.78 is 9.14. The first kappa shape index (κ1) is 33.2. The Hall–Kier alpha value is -7.21. The number of hydrogen-bond acceptors (Lipinski definition) is 3. The van der Waals surface area contributed by atoms with Crippen LogP contribution in [0.3, 0.4) is 0 Å². The highest BCUT2D eigenvalue weighted by Gasteiger charge is 2.17. The molecule has 0 aliphatic rings. The normalized spacial score (nSPS) is 12.6.